The first-order valence-electron chi connectivity index (χ1n) is 5.45. The maximum Gasteiger partial charge on any atom is 0.220 e. The van der Waals surface area contributed by atoms with Crippen molar-refractivity contribution in [1.82, 2.24) is 10.6 Å². The van der Waals surface area contributed by atoms with E-state index in [4.69, 9.17) is 5.14 Å². The van der Waals surface area contributed by atoms with Gasteiger partial charge in [0.1, 0.15) is 0 Å². The van der Waals surface area contributed by atoms with Crippen molar-refractivity contribution in [3.8, 4) is 0 Å². The first-order valence-corrected chi connectivity index (χ1v) is 7.17. The van der Waals surface area contributed by atoms with Crippen LogP contribution in [-0.4, -0.2) is 39.7 Å². The van der Waals surface area contributed by atoms with E-state index in [1.165, 1.54) is 0 Å². The average molecular weight is 249 g/mol. The molecule has 1 rings (SSSR count). The van der Waals surface area contributed by atoms with Crippen LogP contribution < -0.4 is 15.8 Å². The molecule has 1 atom stereocenters. The van der Waals surface area contributed by atoms with E-state index < -0.39 is 10.0 Å². The summed E-state index contributed by atoms with van der Waals surface area (Å²) >= 11 is 0. The molecular formula is C9H19N3O3S. The zero-order chi connectivity index (χ0) is 12.0. The van der Waals surface area contributed by atoms with Gasteiger partial charge < -0.3 is 10.6 Å². The molecule has 1 heterocycles. The Morgan fingerprint density at radius 3 is 2.81 bits per heavy atom. The molecule has 0 spiro atoms. The number of amides is 1. The number of hydrogen-bond acceptors (Lipinski definition) is 4. The van der Waals surface area contributed by atoms with E-state index >= 15 is 0 Å². The molecule has 1 aliphatic heterocycles. The second kappa shape index (κ2) is 6.17. The van der Waals surface area contributed by atoms with Crippen LogP contribution in [0.4, 0.5) is 0 Å². The largest absolute Gasteiger partial charge is 0.355 e. The van der Waals surface area contributed by atoms with Crippen LogP contribution in [0, 0.1) is 5.92 Å². The first kappa shape index (κ1) is 13.4. The predicted molar refractivity (Wildman–Crippen MR) is 61.2 cm³/mol. The number of carbonyl (C=O) groups excluding carboxylic acids is 1. The monoisotopic (exact) mass is 249 g/mol. The molecule has 0 aromatic heterocycles. The Morgan fingerprint density at radius 1 is 1.50 bits per heavy atom. The van der Waals surface area contributed by atoms with E-state index in [0.717, 1.165) is 25.9 Å². The normalized spacial score (nSPS) is 21.7. The summed E-state index contributed by atoms with van der Waals surface area (Å²) in [7, 11) is -3.48. The standard InChI is InChI=1S/C9H19N3O3S/c10-16(14,15)5-4-12-9(13)6-8-2-1-3-11-7-8/h8,11H,1-7H2,(H,12,13)(H2,10,14,15). The van der Waals surface area contributed by atoms with Gasteiger partial charge in [-0.15, -0.1) is 0 Å². The number of nitrogens with two attached hydrogens (primary N) is 1. The molecule has 16 heavy (non-hydrogen) atoms. The zero-order valence-corrected chi connectivity index (χ0v) is 10.1. The van der Waals surface area contributed by atoms with Gasteiger partial charge in [0.25, 0.3) is 0 Å². The summed E-state index contributed by atoms with van der Waals surface area (Å²) in [6.45, 7) is 1.98. The molecular weight excluding hydrogens is 230 g/mol. The maximum absolute atomic E-state index is 11.4. The highest BCUT2D eigenvalue weighted by Gasteiger charge is 2.16. The van der Waals surface area contributed by atoms with E-state index in [9.17, 15) is 13.2 Å². The molecule has 0 saturated carbocycles. The average Bonchev–Trinajstić information content (AvgIpc) is 2.17. The van der Waals surface area contributed by atoms with Gasteiger partial charge in [-0.25, -0.2) is 13.6 Å². The molecule has 94 valence electrons. The van der Waals surface area contributed by atoms with E-state index in [-0.39, 0.29) is 18.2 Å². The molecule has 6 nitrogen and oxygen atoms in total. The Morgan fingerprint density at radius 2 is 2.25 bits per heavy atom. The molecule has 1 amide bonds. The molecule has 4 N–H and O–H groups in total. The third kappa shape index (κ3) is 6.04. The number of piperidine rings is 1. The van der Waals surface area contributed by atoms with Gasteiger partial charge in [-0.1, -0.05) is 0 Å². The first-order chi connectivity index (χ1) is 7.47. The Hall–Kier alpha value is -0.660. The third-order valence-corrected chi connectivity index (χ3v) is 3.35. The maximum atomic E-state index is 11.4. The highest BCUT2D eigenvalue weighted by atomic mass is 32.2. The number of sulfonamides is 1. The highest BCUT2D eigenvalue weighted by Crippen LogP contribution is 2.13. The van der Waals surface area contributed by atoms with Crippen molar-refractivity contribution < 1.29 is 13.2 Å². The second-order valence-corrected chi connectivity index (χ2v) is 5.87. The van der Waals surface area contributed by atoms with E-state index in [1.807, 2.05) is 0 Å². The fraction of sp³-hybridized carbons (Fsp3) is 0.889. The second-order valence-electron chi connectivity index (χ2n) is 4.13. The van der Waals surface area contributed by atoms with Gasteiger partial charge in [0.2, 0.25) is 15.9 Å². The molecule has 0 aromatic carbocycles. The Kier molecular flexibility index (Phi) is 5.17. The topological polar surface area (TPSA) is 101 Å². The predicted octanol–water partition coefficient (Wildman–Crippen LogP) is -1.22. The smallest absolute Gasteiger partial charge is 0.220 e. The van der Waals surface area contributed by atoms with Crippen LogP contribution in [-0.2, 0) is 14.8 Å². The van der Waals surface area contributed by atoms with Crippen molar-refractivity contribution in [2.75, 3.05) is 25.4 Å². The molecule has 1 saturated heterocycles. The van der Waals surface area contributed by atoms with Crippen molar-refractivity contribution in [2.45, 2.75) is 19.3 Å². The minimum Gasteiger partial charge on any atom is -0.355 e. The van der Waals surface area contributed by atoms with Crippen LogP contribution >= 0.6 is 0 Å². The summed E-state index contributed by atoms with van der Waals surface area (Å²) < 4.78 is 21.2. The van der Waals surface area contributed by atoms with Gasteiger partial charge in [-0.2, -0.15) is 0 Å². The summed E-state index contributed by atoms with van der Waals surface area (Å²) in [6.07, 6.45) is 2.60. The number of rotatable bonds is 5. The molecule has 1 unspecified atom stereocenters. The van der Waals surface area contributed by atoms with Gasteiger partial charge in [-0.05, 0) is 31.8 Å². The number of nitrogens with one attached hydrogen (secondary N) is 2. The lowest BCUT2D eigenvalue weighted by atomic mass is 9.96. The quantitative estimate of drug-likeness (QED) is 0.568. The fourth-order valence-corrected chi connectivity index (χ4v) is 2.15. The zero-order valence-electron chi connectivity index (χ0n) is 9.24. The van der Waals surface area contributed by atoms with Gasteiger partial charge >= 0.3 is 0 Å². The molecule has 0 radical (unpaired) electrons. The van der Waals surface area contributed by atoms with Crippen LogP contribution in [0.3, 0.4) is 0 Å². The molecule has 0 bridgehead atoms. The van der Waals surface area contributed by atoms with Crippen molar-refractivity contribution in [3.63, 3.8) is 0 Å². The Bertz CT molecular complexity index is 323. The van der Waals surface area contributed by atoms with Gasteiger partial charge in [0, 0.05) is 13.0 Å². The van der Waals surface area contributed by atoms with E-state index in [1.54, 1.807) is 0 Å². The molecule has 1 aliphatic rings. The van der Waals surface area contributed by atoms with Crippen LogP contribution in [0.15, 0.2) is 0 Å². The number of primary sulfonamides is 1. The fourth-order valence-electron chi connectivity index (χ4n) is 1.77. The van der Waals surface area contributed by atoms with Crippen LogP contribution in [0.5, 0.6) is 0 Å². The lowest BCUT2D eigenvalue weighted by molar-refractivity contribution is -0.122. The lowest BCUT2D eigenvalue weighted by Gasteiger charge is -2.21. The summed E-state index contributed by atoms with van der Waals surface area (Å²) in [6, 6.07) is 0. The van der Waals surface area contributed by atoms with Crippen molar-refractivity contribution in [2.24, 2.45) is 11.1 Å². The molecule has 0 aliphatic carbocycles. The SMILES string of the molecule is NS(=O)(=O)CCNC(=O)CC1CCCNC1. The van der Waals surface area contributed by atoms with E-state index in [2.05, 4.69) is 10.6 Å². The number of hydrogen-bond donors (Lipinski definition) is 3. The Labute approximate surface area is 96.0 Å². The van der Waals surface area contributed by atoms with Gasteiger partial charge in [-0.3, -0.25) is 4.79 Å². The summed E-state index contributed by atoms with van der Waals surface area (Å²) in [5.74, 6) is 0.0577. The van der Waals surface area contributed by atoms with Crippen LogP contribution in [0.2, 0.25) is 0 Å². The molecule has 0 aromatic rings. The van der Waals surface area contributed by atoms with Gasteiger partial charge in [0.15, 0.2) is 0 Å². The third-order valence-electron chi connectivity index (χ3n) is 2.58. The minimum absolute atomic E-state index is 0.0951. The minimum atomic E-state index is -3.48. The van der Waals surface area contributed by atoms with E-state index in [0.29, 0.717) is 12.3 Å². The van der Waals surface area contributed by atoms with Crippen molar-refractivity contribution >= 4 is 15.9 Å². The molecule has 7 heteroatoms. The van der Waals surface area contributed by atoms with Crippen LogP contribution in [0.1, 0.15) is 19.3 Å². The highest BCUT2D eigenvalue weighted by molar-refractivity contribution is 7.89. The van der Waals surface area contributed by atoms with Crippen LogP contribution in [0.25, 0.3) is 0 Å². The molecule has 1 fully saturated rings. The summed E-state index contributed by atoms with van der Waals surface area (Å²) in [5, 5.41) is 10.6. The number of carbonyl (C=O) groups is 1. The lowest BCUT2D eigenvalue weighted by Crippen LogP contribution is -2.36. The Balaban J connectivity index is 2.15. The summed E-state index contributed by atoms with van der Waals surface area (Å²) in [4.78, 5) is 11.4. The van der Waals surface area contributed by atoms with Crippen molar-refractivity contribution in [3.05, 3.63) is 0 Å². The summed E-state index contributed by atoms with van der Waals surface area (Å²) in [5.41, 5.74) is 0. The van der Waals surface area contributed by atoms with Gasteiger partial charge in [0.05, 0.1) is 5.75 Å². The van der Waals surface area contributed by atoms with Crippen molar-refractivity contribution in [1.29, 1.82) is 0 Å².